The summed E-state index contributed by atoms with van der Waals surface area (Å²) in [4.78, 5) is 1.97. The first-order chi connectivity index (χ1) is 18.6. The van der Waals surface area contributed by atoms with Crippen molar-refractivity contribution >= 4 is 32.8 Å². The summed E-state index contributed by atoms with van der Waals surface area (Å²) in [5.41, 5.74) is -6.04. The molecule has 0 atom stereocenters. The summed E-state index contributed by atoms with van der Waals surface area (Å²) in [6.07, 6.45) is -7.02. The van der Waals surface area contributed by atoms with E-state index in [0.29, 0.717) is 24.3 Å². The summed E-state index contributed by atoms with van der Waals surface area (Å²) >= 11 is 5.20. The van der Waals surface area contributed by atoms with Gasteiger partial charge < -0.3 is 14.7 Å². The highest BCUT2D eigenvalue weighted by molar-refractivity contribution is 7.96. The van der Waals surface area contributed by atoms with Crippen LogP contribution in [0.4, 0.5) is 32.0 Å². The van der Waals surface area contributed by atoms with Crippen LogP contribution in [-0.4, -0.2) is 68.3 Å². The lowest BCUT2D eigenvalue weighted by Gasteiger charge is -2.38. The van der Waals surface area contributed by atoms with Crippen LogP contribution in [0.15, 0.2) is 65.6 Å². The van der Waals surface area contributed by atoms with Gasteiger partial charge in [-0.25, -0.2) is 8.42 Å². The smallest absolute Gasteiger partial charge is 0.430 e. The summed E-state index contributed by atoms with van der Waals surface area (Å²) in [6.45, 7) is 0.184. The van der Waals surface area contributed by atoms with Gasteiger partial charge in [-0.1, -0.05) is 42.6 Å². The van der Waals surface area contributed by atoms with Crippen LogP contribution in [0.2, 0.25) is 0 Å². The second-order valence-corrected chi connectivity index (χ2v) is 11.5. The first-order valence-electron chi connectivity index (χ1n) is 11.9. The number of benzene rings is 2. The zero-order valence-electron chi connectivity index (χ0n) is 21.0. The maximum absolute atomic E-state index is 13.6. The second-order valence-electron chi connectivity index (χ2n) is 9.15. The van der Waals surface area contributed by atoms with Gasteiger partial charge in [-0.2, -0.15) is 30.6 Å². The fraction of sp³-hybridized carbons (Fsp3) is 0.346. The normalized spacial score (nSPS) is 17.6. The van der Waals surface area contributed by atoms with E-state index in [1.807, 2.05) is 0 Å². The fourth-order valence-electron chi connectivity index (χ4n) is 4.61. The van der Waals surface area contributed by atoms with Crippen LogP contribution in [0.3, 0.4) is 0 Å². The molecule has 2 aromatic carbocycles. The van der Waals surface area contributed by atoms with Crippen molar-refractivity contribution in [3.63, 3.8) is 0 Å². The van der Waals surface area contributed by atoms with Crippen molar-refractivity contribution in [3.8, 4) is 16.9 Å². The molecule has 40 heavy (non-hydrogen) atoms. The molecule has 1 aliphatic heterocycles. The minimum atomic E-state index is -6.05. The number of hydrogen-bond donors (Lipinski definition) is 1. The van der Waals surface area contributed by atoms with Crippen LogP contribution in [0.1, 0.15) is 12.0 Å². The molecular weight excluding hydrogens is 582 g/mol. The Labute approximate surface area is 232 Å². The average molecular weight is 607 g/mol. The number of piperazine rings is 1. The molecule has 1 saturated heterocycles. The quantitative estimate of drug-likeness (QED) is 0.354. The highest BCUT2D eigenvalue weighted by Gasteiger charge is 2.71. The van der Waals surface area contributed by atoms with E-state index in [1.165, 1.54) is 35.7 Å². The highest BCUT2D eigenvalue weighted by atomic mass is 32.2. The number of sulfonamides is 1. The maximum atomic E-state index is 13.6. The molecular formula is C26H24F6N2O4S2. The van der Waals surface area contributed by atoms with E-state index < -0.39 is 33.5 Å². The lowest BCUT2D eigenvalue weighted by molar-refractivity contribution is -0.376. The molecule has 0 radical (unpaired) electrons. The van der Waals surface area contributed by atoms with Crippen LogP contribution in [0.5, 0.6) is 5.75 Å². The van der Waals surface area contributed by atoms with Crippen molar-refractivity contribution in [2.24, 2.45) is 0 Å². The van der Waals surface area contributed by atoms with Crippen molar-refractivity contribution in [2.75, 3.05) is 38.2 Å². The molecule has 1 N–H and O–H groups in total. The molecule has 14 heteroatoms. The summed E-state index contributed by atoms with van der Waals surface area (Å²) < 4.78 is 115. The topological polar surface area (TPSA) is 70.1 Å². The molecule has 0 saturated carbocycles. The maximum Gasteiger partial charge on any atom is 0.430 e. The Morgan fingerprint density at radius 3 is 2.17 bits per heavy atom. The first kappa shape index (κ1) is 30.0. The number of nitrogens with zero attached hydrogens (tertiary/aromatic N) is 2. The third kappa shape index (κ3) is 5.37. The van der Waals surface area contributed by atoms with Gasteiger partial charge in [-0.3, -0.25) is 0 Å². The Hall–Kier alpha value is -2.94. The molecule has 1 heterocycles. The van der Waals surface area contributed by atoms with Gasteiger partial charge in [0, 0.05) is 54.3 Å². The Morgan fingerprint density at radius 1 is 0.950 bits per heavy atom. The minimum Gasteiger partial charge on any atom is -0.497 e. The SMILES string of the molecule is COc1cccc(-c2cc(C(O)(C(F)(F)F)C(F)(F)F)ccc2N2CCN(S(=O)(=O)C3=CC=CCC3=S)CC2)c1. The number of alkyl halides is 6. The predicted molar refractivity (Wildman–Crippen MR) is 142 cm³/mol. The summed E-state index contributed by atoms with van der Waals surface area (Å²) in [5.74, 6) is 0.303. The molecule has 0 amide bonds. The molecule has 0 bridgehead atoms. The highest BCUT2D eigenvalue weighted by Crippen LogP contribution is 2.51. The Kier molecular flexibility index (Phi) is 8.11. The van der Waals surface area contributed by atoms with E-state index in [-0.39, 0.29) is 52.8 Å². The number of ether oxygens (including phenoxy) is 1. The monoisotopic (exact) mass is 606 g/mol. The lowest BCUT2D eigenvalue weighted by Crippen LogP contribution is -2.54. The molecule has 0 aromatic heterocycles. The zero-order chi connectivity index (χ0) is 29.5. The third-order valence-electron chi connectivity index (χ3n) is 6.77. The fourth-order valence-corrected chi connectivity index (χ4v) is 6.63. The number of hydrogen-bond acceptors (Lipinski definition) is 6. The Bertz CT molecular complexity index is 1450. The van der Waals surface area contributed by atoms with E-state index >= 15 is 0 Å². The number of allylic oxidation sites excluding steroid dienone is 4. The first-order valence-corrected chi connectivity index (χ1v) is 13.8. The van der Waals surface area contributed by atoms with Gasteiger partial charge in [0.1, 0.15) is 5.75 Å². The van der Waals surface area contributed by atoms with Gasteiger partial charge in [0.15, 0.2) is 0 Å². The molecule has 0 unspecified atom stereocenters. The van der Waals surface area contributed by atoms with Crippen LogP contribution >= 0.6 is 12.2 Å². The van der Waals surface area contributed by atoms with Gasteiger partial charge in [0.2, 0.25) is 10.0 Å². The molecule has 216 valence electrons. The lowest BCUT2D eigenvalue weighted by atomic mass is 9.88. The summed E-state index contributed by atoms with van der Waals surface area (Å²) in [6, 6.07) is 8.30. The van der Waals surface area contributed by atoms with Crippen molar-refractivity contribution in [1.29, 1.82) is 0 Å². The van der Waals surface area contributed by atoms with Gasteiger partial charge in [0.05, 0.1) is 12.0 Å². The number of thiocarbonyl (C=S) groups is 1. The number of halogens is 6. The summed E-state index contributed by atoms with van der Waals surface area (Å²) in [5, 5.41) is 10.0. The molecule has 0 spiro atoms. The third-order valence-corrected chi connectivity index (χ3v) is 9.27. The van der Waals surface area contributed by atoms with E-state index in [2.05, 4.69) is 0 Å². The van der Waals surface area contributed by atoms with Gasteiger partial charge in [-0.05, 0) is 35.9 Å². The second kappa shape index (κ2) is 10.8. The number of anilines is 1. The van der Waals surface area contributed by atoms with Crippen molar-refractivity contribution in [3.05, 3.63) is 71.2 Å². The van der Waals surface area contributed by atoms with E-state index in [9.17, 15) is 39.9 Å². The van der Waals surface area contributed by atoms with E-state index in [0.717, 1.165) is 6.07 Å². The van der Waals surface area contributed by atoms with Crippen LogP contribution < -0.4 is 9.64 Å². The molecule has 1 aliphatic carbocycles. The minimum absolute atomic E-state index is 0.000340. The molecule has 2 aliphatic rings. The van der Waals surface area contributed by atoms with Gasteiger partial charge in [0.25, 0.3) is 5.60 Å². The molecule has 2 aromatic rings. The zero-order valence-corrected chi connectivity index (χ0v) is 22.6. The number of methoxy groups -OCH3 is 1. The molecule has 1 fully saturated rings. The van der Waals surface area contributed by atoms with Crippen LogP contribution in [-0.2, 0) is 15.6 Å². The van der Waals surface area contributed by atoms with Crippen LogP contribution in [0.25, 0.3) is 11.1 Å². The van der Waals surface area contributed by atoms with Crippen molar-refractivity contribution in [2.45, 2.75) is 24.4 Å². The van der Waals surface area contributed by atoms with E-state index in [4.69, 9.17) is 17.0 Å². The number of rotatable bonds is 6. The predicted octanol–water partition coefficient (Wildman–Crippen LogP) is 5.34. The average Bonchev–Trinajstić information content (AvgIpc) is 2.91. The van der Waals surface area contributed by atoms with Crippen molar-refractivity contribution in [1.82, 2.24) is 4.31 Å². The molecule has 6 nitrogen and oxygen atoms in total. The van der Waals surface area contributed by atoms with Gasteiger partial charge in [-0.15, -0.1) is 0 Å². The van der Waals surface area contributed by atoms with Gasteiger partial charge >= 0.3 is 12.4 Å². The Balaban J connectivity index is 1.74. The molecule has 4 rings (SSSR count). The number of aliphatic hydroxyl groups is 1. The van der Waals surface area contributed by atoms with Crippen molar-refractivity contribution < 1.29 is 44.6 Å². The largest absolute Gasteiger partial charge is 0.497 e. The Morgan fingerprint density at radius 2 is 1.60 bits per heavy atom. The standard InChI is InChI=1S/C26H24F6N2O4S2/c1-38-19-6-4-5-17(15-19)20-16-18(24(35,25(27,28)29)26(30,31)32)9-10-21(20)33-11-13-34(14-12-33)40(36,37)23-8-3-2-7-22(23)39/h2-6,8-10,15-16,35H,7,11-14H2,1H3. The summed E-state index contributed by atoms with van der Waals surface area (Å²) in [7, 11) is -2.54. The van der Waals surface area contributed by atoms with Crippen LogP contribution in [0, 0.1) is 0 Å². The van der Waals surface area contributed by atoms with E-state index in [1.54, 1.807) is 23.1 Å².